The summed E-state index contributed by atoms with van der Waals surface area (Å²) in [7, 11) is 0. The molecule has 1 aliphatic carbocycles. The number of hydrogen-bond acceptors (Lipinski definition) is 3. The molecule has 0 bridgehead atoms. The average Bonchev–Trinajstić information content (AvgIpc) is 2.53. The molecule has 3 nitrogen and oxygen atoms in total. The summed E-state index contributed by atoms with van der Waals surface area (Å²) in [5.41, 5.74) is 2.43. The maximum atomic E-state index is 9.99. The summed E-state index contributed by atoms with van der Waals surface area (Å²) in [4.78, 5) is 0. The van der Waals surface area contributed by atoms with Crippen LogP contribution in [0, 0.1) is 0 Å². The smallest absolute Gasteiger partial charge is 0.0945 e. The van der Waals surface area contributed by atoms with Crippen molar-refractivity contribution >= 4 is 5.69 Å². The van der Waals surface area contributed by atoms with Crippen molar-refractivity contribution in [2.24, 2.45) is 0 Å². The largest absolute Gasteiger partial charge is 0.389 e. The van der Waals surface area contributed by atoms with E-state index in [0.717, 1.165) is 24.9 Å². The second kappa shape index (κ2) is 9.06. The second-order valence-corrected chi connectivity index (χ2v) is 6.08. The Morgan fingerprint density at radius 3 is 2.57 bits per heavy atom. The van der Waals surface area contributed by atoms with Crippen LogP contribution in [0.25, 0.3) is 0 Å². The standard InChI is InChI=1S/C18H29NO2/c1-2-6-15-9-11-16(12-10-15)19-13-17(20)14-21-18-7-4-3-5-8-18/h9-12,17-20H,2-8,13-14H2,1H3. The molecule has 0 aliphatic heterocycles. The minimum Gasteiger partial charge on any atom is -0.389 e. The molecule has 1 aromatic rings. The monoisotopic (exact) mass is 291 g/mol. The lowest BCUT2D eigenvalue weighted by molar-refractivity contribution is -0.0195. The van der Waals surface area contributed by atoms with Gasteiger partial charge < -0.3 is 15.2 Å². The summed E-state index contributed by atoms with van der Waals surface area (Å²) in [5.74, 6) is 0. The van der Waals surface area contributed by atoms with Gasteiger partial charge in [-0.3, -0.25) is 0 Å². The molecule has 1 fully saturated rings. The van der Waals surface area contributed by atoms with Gasteiger partial charge in [0.15, 0.2) is 0 Å². The zero-order valence-electron chi connectivity index (χ0n) is 13.2. The van der Waals surface area contributed by atoms with Crippen LogP contribution in [0.4, 0.5) is 5.69 Å². The van der Waals surface area contributed by atoms with E-state index in [1.807, 2.05) is 0 Å². The summed E-state index contributed by atoms with van der Waals surface area (Å²) in [6.07, 6.45) is 8.38. The predicted molar refractivity (Wildman–Crippen MR) is 87.8 cm³/mol. The molecule has 3 heteroatoms. The molecule has 1 saturated carbocycles. The topological polar surface area (TPSA) is 41.5 Å². The number of nitrogens with one attached hydrogen (secondary N) is 1. The molecule has 21 heavy (non-hydrogen) atoms. The Balaban J connectivity index is 1.64. The van der Waals surface area contributed by atoms with E-state index in [9.17, 15) is 5.11 Å². The van der Waals surface area contributed by atoms with Crippen LogP contribution < -0.4 is 5.32 Å². The van der Waals surface area contributed by atoms with Crippen LogP contribution in [0.3, 0.4) is 0 Å². The van der Waals surface area contributed by atoms with Crippen LogP contribution >= 0.6 is 0 Å². The van der Waals surface area contributed by atoms with Crippen molar-refractivity contribution < 1.29 is 9.84 Å². The first-order valence-electron chi connectivity index (χ1n) is 8.40. The van der Waals surface area contributed by atoms with Gasteiger partial charge >= 0.3 is 0 Å². The molecule has 0 spiro atoms. The first-order valence-corrected chi connectivity index (χ1v) is 8.40. The molecule has 0 aromatic heterocycles. The van der Waals surface area contributed by atoms with Gasteiger partial charge in [0.1, 0.15) is 0 Å². The molecule has 0 heterocycles. The van der Waals surface area contributed by atoms with E-state index in [2.05, 4.69) is 36.5 Å². The van der Waals surface area contributed by atoms with Gasteiger partial charge in [-0.25, -0.2) is 0 Å². The first kappa shape index (κ1) is 16.3. The van der Waals surface area contributed by atoms with E-state index in [1.54, 1.807) is 0 Å². The van der Waals surface area contributed by atoms with Crippen LogP contribution in [-0.2, 0) is 11.2 Å². The maximum absolute atomic E-state index is 9.99. The molecule has 1 atom stereocenters. The highest BCUT2D eigenvalue weighted by Crippen LogP contribution is 2.20. The van der Waals surface area contributed by atoms with E-state index in [1.165, 1.54) is 31.2 Å². The summed E-state index contributed by atoms with van der Waals surface area (Å²) in [6, 6.07) is 8.47. The van der Waals surface area contributed by atoms with Gasteiger partial charge in [-0.2, -0.15) is 0 Å². The number of rotatable bonds is 8. The Hall–Kier alpha value is -1.06. The number of aliphatic hydroxyl groups is 1. The Labute approximate surface area is 128 Å². The number of anilines is 1. The highest BCUT2D eigenvalue weighted by molar-refractivity contribution is 5.44. The first-order chi connectivity index (χ1) is 10.3. The third-order valence-corrected chi connectivity index (χ3v) is 4.11. The molecule has 2 rings (SSSR count). The van der Waals surface area contributed by atoms with Gasteiger partial charge in [-0.05, 0) is 37.0 Å². The zero-order valence-corrected chi connectivity index (χ0v) is 13.2. The van der Waals surface area contributed by atoms with Crippen molar-refractivity contribution in [2.75, 3.05) is 18.5 Å². The number of hydrogen-bond donors (Lipinski definition) is 2. The highest BCUT2D eigenvalue weighted by Gasteiger charge is 2.15. The SMILES string of the molecule is CCCc1ccc(NCC(O)COC2CCCCC2)cc1. The lowest BCUT2D eigenvalue weighted by atomic mass is 9.98. The molecule has 2 N–H and O–H groups in total. The molecule has 1 unspecified atom stereocenters. The lowest BCUT2D eigenvalue weighted by Gasteiger charge is -2.23. The van der Waals surface area contributed by atoms with E-state index in [-0.39, 0.29) is 0 Å². The normalized spacial score (nSPS) is 17.6. The zero-order chi connectivity index (χ0) is 14.9. The van der Waals surface area contributed by atoms with Crippen molar-refractivity contribution in [1.82, 2.24) is 0 Å². The van der Waals surface area contributed by atoms with E-state index < -0.39 is 6.10 Å². The van der Waals surface area contributed by atoms with Crippen molar-refractivity contribution in [3.63, 3.8) is 0 Å². The molecule has 118 valence electrons. The number of aliphatic hydroxyl groups excluding tert-OH is 1. The van der Waals surface area contributed by atoms with Crippen molar-refractivity contribution in [3.8, 4) is 0 Å². The van der Waals surface area contributed by atoms with Gasteiger partial charge in [-0.15, -0.1) is 0 Å². The van der Waals surface area contributed by atoms with Crippen molar-refractivity contribution in [3.05, 3.63) is 29.8 Å². The summed E-state index contributed by atoms with van der Waals surface area (Å²) < 4.78 is 5.79. The summed E-state index contributed by atoms with van der Waals surface area (Å²) >= 11 is 0. The quantitative estimate of drug-likeness (QED) is 0.766. The molecular weight excluding hydrogens is 262 g/mol. The summed E-state index contributed by atoms with van der Waals surface area (Å²) in [5, 5.41) is 13.3. The Morgan fingerprint density at radius 2 is 1.90 bits per heavy atom. The molecule has 1 aliphatic rings. The van der Waals surface area contributed by atoms with Crippen LogP contribution in [0.2, 0.25) is 0 Å². The number of benzene rings is 1. The van der Waals surface area contributed by atoms with Gasteiger partial charge in [0.2, 0.25) is 0 Å². The Morgan fingerprint density at radius 1 is 1.19 bits per heavy atom. The number of ether oxygens (including phenoxy) is 1. The van der Waals surface area contributed by atoms with E-state index in [0.29, 0.717) is 19.3 Å². The van der Waals surface area contributed by atoms with Crippen LogP contribution in [0.5, 0.6) is 0 Å². The van der Waals surface area contributed by atoms with E-state index in [4.69, 9.17) is 4.74 Å². The summed E-state index contributed by atoms with van der Waals surface area (Å²) in [6.45, 7) is 3.17. The van der Waals surface area contributed by atoms with Crippen LogP contribution in [0.15, 0.2) is 24.3 Å². The van der Waals surface area contributed by atoms with Crippen molar-refractivity contribution in [2.45, 2.75) is 64.1 Å². The third kappa shape index (κ3) is 6.06. The second-order valence-electron chi connectivity index (χ2n) is 6.08. The molecule has 0 amide bonds. The highest BCUT2D eigenvalue weighted by atomic mass is 16.5. The van der Waals surface area contributed by atoms with Crippen molar-refractivity contribution in [1.29, 1.82) is 0 Å². The van der Waals surface area contributed by atoms with Gasteiger partial charge in [0.25, 0.3) is 0 Å². The molecular formula is C18H29NO2. The molecule has 0 saturated heterocycles. The fraction of sp³-hybridized carbons (Fsp3) is 0.667. The Kier molecular flexibility index (Phi) is 7.04. The lowest BCUT2D eigenvalue weighted by Crippen LogP contribution is -2.28. The minimum atomic E-state index is -0.442. The van der Waals surface area contributed by atoms with Crippen LogP contribution in [0.1, 0.15) is 51.0 Å². The fourth-order valence-corrected chi connectivity index (χ4v) is 2.85. The third-order valence-electron chi connectivity index (χ3n) is 4.11. The average molecular weight is 291 g/mol. The van der Waals surface area contributed by atoms with E-state index >= 15 is 0 Å². The number of aryl methyl sites for hydroxylation is 1. The van der Waals surface area contributed by atoms with Gasteiger partial charge in [0, 0.05) is 12.2 Å². The maximum Gasteiger partial charge on any atom is 0.0945 e. The predicted octanol–water partition coefficient (Wildman–Crippen LogP) is 3.76. The van der Waals surface area contributed by atoms with Crippen LogP contribution in [-0.4, -0.2) is 30.5 Å². The molecule has 1 aromatic carbocycles. The Bertz CT molecular complexity index is 385. The van der Waals surface area contributed by atoms with Gasteiger partial charge in [-0.1, -0.05) is 44.7 Å². The minimum absolute atomic E-state index is 0.363. The van der Waals surface area contributed by atoms with Gasteiger partial charge in [0.05, 0.1) is 18.8 Å². The molecule has 0 radical (unpaired) electrons. The fourth-order valence-electron chi connectivity index (χ4n) is 2.85.